The number of carbonyl (C=O) groups is 1. The number of likely N-dealkylation sites (N-methyl/N-ethyl adjacent to an activating group) is 1. The molecule has 0 unspecified atom stereocenters. The lowest BCUT2D eigenvalue weighted by atomic mass is 9.47. The van der Waals surface area contributed by atoms with Gasteiger partial charge in [-0.1, -0.05) is 46.1 Å². The zero-order valence-electron chi connectivity index (χ0n) is 21.1. The first-order chi connectivity index (χ1) is 15.9. The zero-order valence-corrected chi connectivity index (χ0v) is 21.9. The number of fused-ring (bicyclic) bond motifs is 5. The Kier molecular flexibility index (Phi) is 6.39. The fraction of sp³-hybridized carbons (Fsp3) is 0.786. The van der Waals surface area contributed by atoms with Crippen LogP contribution in [0.5, 0.6) is 0 Å². The molecule has 1 aliphatic heterocycles. The Balaban J connectivity index is 1.29. The van der Waals surface area contributed by atoms with Gasteiger partial charge in [0.1, 0.15) is 0 Å². The molecule has 4 nitrogen and oxygen atoms in total. The van der Waals surface area contributed by atoms with E-state index in [0.29, 0.717) is 23.3 Å². The Morgan fingerprint density at radius 1 is 1.12 bits per heavy atom. The number of thiazole rings is 1. The number of anilines is 1. The van der Waals surface area contributed by atoms with Crippen molar-refractivity contribution in [1.82, 2.24) is 9.88 Å². The van der Waals surface area contributed by atoms with Crippen LogP contribution < -0.4 is 5.32 Å². The molecule has 3 aliphatic carbocycles. The van der Waals surface area contributed by atoms with Crippen LogP contribution in [0.3, 0.4) is 0 Å². The first kappa shape index (κ1) is 23.4. The fourth-order valence-electron chi connectivity index (χ4n) is 8.50. The van der Waals surface area contributed by atoms with Gasteiger partial charge in [0.2, 0.25) is 5.91 Å². The van der Waals surface area contributed by atoms with Crippen molar-refractivity contribution in [3.63, 3.8) is 0 Å². The van der Waals surface area contributed by atoms with E-state index >= 15 is 0 Å². The minimum Gasteiger partial charge on any atom is -0.362 e. The van der Waals surface area contributed by atoms with Gasteiger partial charge in [0.25, 0.3) is 0 Å². The van der Waals surface area contributed by atoms with Gasteiger partial charge in [-0.3, -0.25) is 4.79 Å². The van der Waals surface area contributed by atoms with Crippen LogP contribution in [-0.4, -0.2) is 35.4 Å². The SMILES string of the molecule is CCCCCCNc1nc([C@H]2CC[C@H]3[C@@H]4CC[C@H]5N(C)C(=O)C=C[C@]5(C)[C@H]4CC[C@]23C)cs1. The van der Waals surface area contributed by atoms with Crippen molar-refractivity contribution >= 4 is 22.4 Å². The molecule has 3 saturated carbocycles. The summed E-state index contributed by atoms with van der Waals surface area (Å²) in [6.45, 7) is 8.34. The summed E-state index contributed by atoms with van der Waals surface area (Å²) in [5.74, 6) is 3.08. The standard InChI is InChI=1S/C28H43N3OS/c1-5-6-7-8-17-29-26-30-23(18-33-26)22-11-10-20-19-9-12-24-28(3,16-14-25(32)31(24)4)21(19)13-15-27(20,22)2/h14,16,18-22,24H,5-13,15,17H2,1-4H3,(H,29,30)/t19-,20-,21-,22+,24+,27-,28+/m0/s1. The minimum atomic E-state index is 0.139. The van der Waals surface area contributed by atoms with Crippen LogP contribution in [0.2, 0.25) is 0 Å². The van der Waals surface area contributed by atoms with Crippen molar-refractivity contribution in [3.8, 4) is 0 Å². The maximum Gasteiger partial charge on any atom is 0.246 e. The maximum absolute atomic E-state index is 12.3. The van der Waals surface area contributed by atoms with Gasteiger partial charge >= 0.3 is 0 Å². The molecule has 0 bridgehead atoms. The topological polar surface area (TPSA) is 45.2 Å². The molecule has 4 aliphatic rings. The molecule has 33 heavy (non-hydrogen) atoms. The molecular formula is C28H43N3OS. The number of nitrogens with one attached hydrogen (secondary N) is 1. The average Bonchev–Trinajstić information content (AvgIpc) is 3.40. The number of rotatable bonds is 7. The number of nitrogens with zero attached hydrogens (tertiary/aromatic N) is 2. The molecule has 0 aromatic carbocycles. The van der Waals surface area contributed by atoms with Crippen molar-refractivity contribution in [3.05, 3.63) is 23.2 Å². The lowest BCUT2D eigenvalue weighted by Crippen LogP contribution is -2.59. The molecule has 182 valence electrons. The maximum atomic E-state index is 12.3. The highest BCUT2D eigenvalue weighted by molar-refractivity contribution is 7.13. The summed E-state index contributed by atoms with van der Waals surface area (Å²) < 4.78 is 0. The predicted octanol–water partition coefficient (Wildman–Crippen LogP) is 6.86. The number of carbonyl (C=O) groups excluding carboxylic acids is 1. The number of amides is 1. The highest BCUT2D eigenvalue weighted by Crippen LogP contribution is 2.67. The number of aromatic nitrogens is 1. The highest BCUT2D eigenvalue weighted by atomic mass is 32.1. The van der Waals surface area contributed by atoms with Gasteiger partial charge in [0, 0.05) is 36.3 Å². The average molecular weight is 470 g/mol. The molecule has 1 aromatic rings. The van der Waals surface area contributed by atoms with Crippen molar-refractivity contribution < 1.29 is 4.79 Å². The lowest BCUT2D eigenvalue weighted by Gasteiger charge is -2.60. The summed E-state index contributed by atoms with van der Waals surface area (Å²) in [7, 11) is 2.02. The van der Waals surface area contributed by atoms with Crippen molar-refractivity contribution in [2.45, 2.75) is 96.9 Å². The molecular weight excluding hydrogens is 426 g/mol. The van der Waals surface area contributed by atoms with Crippen LogP contribution in [0.15, 0.2) is 17.5 Å². The molecule has 5 rings (SSSR count). The molecule has 0 spiro atoms. The Bertz CT molecular complexity index is 895. The Morgan fingerprint density at radius 2 is 1.97 bits per heavy atom. The molecule has 2 heterocycles. The van der Waals surface area contributed by atoms with E-state index in [2.05, 4.69) is 37.5 Å². The van der Waals surface area contributed by atoms with E-state index in [-0.39, 0.29) is 11.3 Å². The van der Waals surface area contributed by atoms with Crippen molar-refractivity contribution in [1.29, 1.82) is 0 Å². The molecule has 3 fully saturated rings. The summed E-state index contributed by atoms with van der Waals surface area (Å²) in [5, 5.41) is 7.06. The van der Waals surface area contributed by atoms with Crippen LogP contribution in [0.4, 0.5) is 5.13 Å². The summed E-state index contributed by atoms with van der Waals surface area (Å²) in [6, 6.07) is 0.377. The van der Waals surface area contributed by atoms with Gasteiger partial charge in [0.05, 0.1) is 5.69 Å². The van der Waals surface area contributed by atoms with Gasteiger partial charge in [-0.25, -0.2) is 4.98 Å². The van der Waals surface area contributed by atoms with E-state index < -0.39 is 0 Å². The molecule has 1 amide bonds. The second-order valence-corrected chi connectivity index (χ2v) is 12.7. The third-order valence-corrected chi connectivity index (χ3v) is 11.1. The monoisotopic (exact) mass is 469 g/mol. The number of unbranched alkanes of at least 4 members (excludes halogenated alkanes) is 3. The molecule has 5 heteroatoms. The molecule has 1 aromatic heterocycles. The first-order valence-electron chi connectivity index (χ1n) is 13.5. The third kappa shape index (κ3) is 3.86. The van der Waals surface area contributed by atoms with E-state index in [1.807, 2.05) is 18.0 Å². The van der Waals surface area contributed by atoms with Gasteiger partial charge in [0.15, 0.2) is 5.13 Å². The van der Waals surface area contributed by atoms with Crippen LogP contribution in [0.25, 0.3) is 0 Å². The van der Waals surface area contributed by atoms with E-state index in [0.717, 1.165) is 29.9 Å². The summed E-state index contributed by atoms with van der Waals surface area (Å²) in [5.41, 5.74) is 1.86. The van der Waals surface area contributed by atoms with Crippen molar-refractivity contribution in [2.75, 3.05) is 18.9 Å². The number of hydrogen-bond donors (Lipinski definition) is 1. The normalized spacial score (nSPS) is 39.8. The largest absolute Gasteiger partial charge is 0.362 e. The molecule has 0 saturated heterocycles. The predicted molar refractivity (Wildman–Crippen MR) is 138 cm³/mol. The summed E-state index contributed by atoms with van der Waals surface area (Å²) >= 11 is 1.81. The first-order valence-corrected chi connectivity index (χ1v) is 14.4. The van der Waals surface area contributed by atoms with Crippen LogP contribution in [-0.2, 0) is 4.79 Å². The molecule has 1 N–H and O–H groups in total. The van der Waals surface area contributed by atoms with Gasteiger partial charge in [-0.05, 0) is 74.2 Å². The van der Waals surface area contributed by atoms with E-state index in [1.165, 1.54) is 63.5 Å². The summed E-state index contributed by atoms with van der Waals surface area (Å²) in [6.07, 6.45) is 17.0. The third-order valence-electron chi connectivity index (χ3n) is 10.3. The van der Waals surface area contributed by atoms with E-state index in [9.17, 15) is 4.79 Å². The van der Waals surface area contributed by atoms with Crippen LogP contribution >= 0.6 is 11.3 Å². The van der Waals surface area contributed by atoms with Gasteiger partial charge in [-0.2, -0.15) is 0 Å². The Hall–Kier alpha value is -1.36. The quantitative estimate of drug-likeness (QED) is 0.444. The minimum absolute atomic E-state index is 0.139. The molecule has 0 radical (unpaired) electrons. The highest BCUT2D eigenvalue weighted by Gasteiger charge is 2.60. The number of hydrogen-bond acceptors (Lipinski definition) is 4. The second kappa shape index (κ2) is 9.02. The Labute approximate surface area is 204 Å². The second-order valence-electron chi connectivity index (χ2n) is 11.9. The van der Waals surface area contributed by atoms with Crippen LogP contribution in [0, 0.1) is 28.6 Å². The van der Waals surface area contributed by atoms with Crippen LogP contribution in [0.1, 0.15) is 96.6 Å². The zero-order chi connectivity index (χ0) is 23.2. The summed E-state index contributed by atoms with van der Waals surface area (Å²) in [4.78, 5) is 19.5. The van der Waals surface area contributed by atoms with Gasteiger partial charge in [-0.15, -0.1) is 11.3 Å². The van der Waals surface area contributed by atoms with E-state index in [1.54, 1.807) is 11.3 Å². The fourth-order valence-corrected chi connectivity index (χ4v) is 9.29. The molecule has 7 atom stereocenters. The van der Waals surface area contributed by atoms with Gasteiger partial charge < -0.3 is 10.2 Å². The smallest absolute Gasteiger partial charge is 0.246 e. The Morgan fingerprint density at radius 3 is 2.79 bits per heavy atom. The lowest BCUT2D eigenvalue weighted by molar-refractivity contribution is -0.138. The van der Waals surface area contributed by atoms with Crippen molar-refractivity contribution in [2.24, 2.45) is 28.6 Å². The van der Waals surface area contributed by atoms with E-state index in [4.69, 9.17) is 4.98 Å².